The standard InChI is InChI=1S/C19H39N5O/c1-17-5-9-23(10-6-17)8-4-7-21-19(20-3)22-15-18(2)16-24-11-13-25-14-12-24/h17-18H,4-16H2,1-3H3,(H2,20,21,22). The summed E-state index contributed by atoms with van der Waals surface area (Å²) < 4.78 is 5.41. The molecule has 0 aromatic heterocycles. The Kier molecular flexibility index (Phi) is 9.58. The predicted molar refractivity (Wildman–Crippen MR) is 105 cm³/mol. The number of ether oxygens (including phenoxy) is 1. The molecule has 0 aromatic carbocycles. The van der Waals surface area contributed by atoms with Crippen molar-refractivity contribution in [1.29, 1.82) is 0 Å². The van der Waals surface area contributed by atoms with Gasteiger partial charge in [0.15, 0.2) is 5.96 Å². The third kappa shape index (κ3) is 8.38. The Labute approximate surface area is 154 Å². The Bertz CT molecular complexity index is 376. The summed E-state index contributed by atoms with van der Waals surface area (Å²) in [5.41, 5.74) is 0. The van der Waals surface area contributed by atoms with E-state index in [4.69, 9.17) is 4.74 Å². The van der Waals surface area contributed by atoms with Gasteiger partial charge in [0.05, 0.1) is 13.2 Å². The summed E-state index contributed by atoms with van der Waals surface area (Å²) in [5, 5.41) is 6.93. The van der Waals surface area contributed by atoms with Gasteiger partial charge in [0.25, 0.3) is 0 Å². The zero-order valence-electron chi connectivity index (χ0n) is 16.6. The van der Waals surface area contributed by atoms with Crippen molar-refractivity contribution in [2.24, 2.45) is 16.8 Å². The third-order valence-electron chi connectivity index (χ3n) is 5.33. The first-order chi connectivity index (χ1) is 12.2. The van der Waals surface area contributed by atoms with Crippen LogP contribution in [0.3, 0.4) is 0 Å². The highest BCUT2D eigenvalue weighted by Crippen LogP contribution is 2.15. The zero-order chi connectivity index (χ0) is 17.9. The fraction of sp³-hybridized carbons (Fsp3) is 0.947. The van der Waals surface area contributed by atoms with Crippen LogP contribution in [0.1, 0.15) is 33.1 Å². The van der Waals surface area contributed by atoms with Crippen molar-refractivity contribution < 1.29 is 4.74 Å². The highest BCUT2D eigenvalue weighted by Gasteiger charge is 2.15. The van der Waals surface area contributed by atoms with Crippen LogP contribution in [0, 0.1) is 11.8 Å². The monoisotopic (exact) mass is 353 g/mol. The molecule has 1 unspecified atom stereocenters. The number of guanidine groups is 1. The van der Waals surface area contributed by atoms with Gasteiger partial charge in [-0.1, -0.05) is 13.8 Å². The molecule has 2 rings (SSSR count). The van der Waals surface area contributed by atoms with E-state index in [0.29, 0.717) is 5.92 Å². The fourth-order valence-electron chi connectivity index (χ4n) is 3.58. The van der Waals surface area contributed by atoms with Gasteiger partial charge in [-0.15, -0.1) is 0 Å². The second-order valence-electron chi connectivity index (χ2n) is 7.78. The number of piperidine rings is 1. The summed E-state index contributed by atoms with van der Waals surface area (Å²) >= 11 is 0. The molecule has 1 atom stereocenters. The zero-order valence-corrected chi connectivity index (χ0v) is 16.6. The van der Waals surface area contributed by atoms with Crippen LogP contribution in [-0.2, 0) is 4.74 Å². The SMILES string of the molecule is CN=C(NCCCN1CCC(C)CC1)NCC(C)CN1CCOCC1. The van der Waals surface area contributed by atoms with Crippen LogP contribution in [0.15, 0.2) is 4.99 Å². The molecule has 0 bridgehead atoms. The van der Waals surface area contributed by atoms with Crippen LogP contribution in [0.2, 0.25) is 0 Å². The van der Waals surface area contributed by atoms with E-state index in [1.807, 2.05) is 7.05 Å². The Morgan fingerprint density at radius 2 is 1.84 bits per heavy atom. The lowest BCUT2D eigenvalue weighted by molar-refractivity contribution is 0.0320. The Morgan fingerprint density at radius 3 is 2.52 bits per heavy atom. The number of hydrogen-bond donors (Lipinski definition) is 2. The van der Waals surface area contributed by atoms with Gasteiger partial charge in [-0.25, -0.2) is 0 Å². The van der Waals surface area contributed by atoms with Crippen molar-refractivity contribution in [3.63, 3.8) is 0 Å². The van der Waals surface area contributed by atoms with Gasteiger partial charge in [-0.05, 0) is 50.7 Å². The van der Waals surface area contributed by atoms with E-state index in [1.165, 1.54) is 38.9 Å². The van der Waals surface area contributed by atoms with Crippen molar-refractivity contribution >= 4 is 5.96 Å². The number of aliphatic imine (C=N–C) groups is 1. The summed E-state index contributed by atoms with van der Waals surface area (Å²) in [4.78, 5) is 9.44. The van der Waals surface area contributed by atoms with E-state index in [2.05, 4.69) is 39.3 Å². The van der Waals surface area contributed by atoms with Gasteiger partial charge in [0, 0.05) is 39.8 Å². The van der Waals surface area contributed by atoms with Crippen LogP contribution < -0.4 is 10.6 Å². The Morgan fingerprint density at radius 1 is 1.12 bits per heavy atom. The van der Waals surface area contributed by atoms with E-state index < -0.39 is 0 Å². The lowest BCUT2D eigenvalue weighted by Crippen LogP contribution is -2.44. The van der Waals surface area contributed by atoms with Crippen molar-refractivity contribution in [3.05, 3.63) is 0 Å². The number of rotatable bonds is 8. The molecule has 2 fully saturated rings. The molecule has 0 aromatic rings. The average molecular weight is 354 g/mol. The summed E-state index contributed by atoms with van der Waals surface area (Å²) in [7, 11) is 1.86. The number of nitrogens with one attached hydrogen (secondary N) is 2. The molecule has 146 valence electrons. The topological polar surface area (TPSA) is 52.1 Å². The molecular formula is C19H39N5O. The molecule has 25 heavy (non-hydrogen) atoms. The summed E-state index contributed by atoms with van der Waals surface area (Å²) in [5.74, 6) is 2.45. The maximum Gasteiger partial charge on any atom is 0.190 e. The normalized spacial score (nSPS) is 22.8. The highest BCUT2D eigenvalue weighted by atomic mass is 16.5. The first-order valence-electron chi connectivity index (χ1n) is 10.1. The summed E-state index contributed by atoms with van der Waals surface area (Å²) in [6, 6.07) is 0. The lowest BCUT2D eigenvalue weighted by Gasteiger charge is -2.30. The molecule has 0 aliphatic carbocycles. The first-order valence-corrected chi connectivity index (χ1v) is 10.1. The predicted octanol–water partition coefficient (Wildman–Crippen LogP) is 1.24. The average Bonchev–Trinajstić information content (AvgIpc) is 2.63. The first kappa shape index (κ1) is 20.5. The fourth-order valence-corrected chi connectivity index (χ4v) is 3.58. The molecule has 2 aliphatic rings. The maximum atomic E-state index is 5.41. The van der Waals surface area contributed by atoms with Crippen LogP contribution in [0.5, 0.6) is 0 Å². The van der Waals surface area contributed by atoms with E-state index in [-0.39, 0.29) is 0 Å². The largest absolute Gasteiger partial charge is 0.379 e. The van der Waals surface area contributed by atoms with Gasteiger partial charge >= 0.3 is 0 Å². The highest BCUT2D eigenvalue weighted by molar-refractivity contribution is 5.79. The quantitative estimate of drug-likeness (QED) is 0.391. The molecule has 0 spiro atoms. The van der Waals surface area contributed by atoms with Crippen molar-refractivity contribution in [3.8, 4) is 0 Å². The van der Waals surface area contributed by atoms with Crippen LogP contribution in [0.4, 0.5) is 0 Å². The lowest BCUT2D eigenvalue weighted by atomic mass is 9.99. The molecule has 2 heterocycles. The maximum absolute atomic E-state index is 5.41. The molecule has 2 N–H and O–H groups in total. The van der Waals surface area contributed by atoms with Crippen molar-refractivity contribution in [2.45, 2.75) is 33.1 Å². The van der Waals surface area contributed by atoms with E-state index in [0.717, 1.165) is 57.8 Å². The second kappa shape index (κ2) is 11.7. The smallest absolute Gasteiger partial charge is 0.190 e. The summed E-state index contributed by atoms with van der Waals surface area (Å²) in [6.45, 7) is 15.4. The van der Waals surface area contributed by atoms with Gasteiger partial charge in [0.1, 0.15) is 0 Å². The molecule has 2 aliphatic heterocycles. The molecule has 2 saturated heterocycles. The van der Waals surface area contributed by atoms with Crippen molar-refractivity contribution in [2.75, 3.05) is 72.6 Å². The Hall–Kier alpha value is -0.850. The third-order valence-corrected chi connectivity index (χ3v) is 5.33. The minimum absolute atomic E-state index is 0.604. The Balaban J connectivity index is 1.52. The number of nitrogens with zero attached hydrogens (tertiary/aromatic N) is 3. The molecule has 0 radical (unpaired) electrons. The van der Waals surface area contributed by atoms with Gasteiger partial charge in [0.2, 0.25) is 0 Å². The molecule has 6 nitrogen and oxygen atoms in total. The van der Waals surface area contributed by atoms with E-state index in [9.17, 15) is 0 Å². The number of hydrogen-bond acceptors (Lipinski definition) is 4. The van der Waals surface area contributed by atoms with E-state index >= 15 is 0 Å². The molecular weight excluding hydrogens is 314 g/mol. The molecule has 0 amide bonds. The van der Waals surface area contributed by atoms with E-state index in [1.54, 1.807) is 0 Å². The second-order valence-corrected chi connectivity index (χ2v) is 7.78. The van der Waals surface area contributed by atoms with Gasteiger partial charge < -0.3 is 20.3 Å². The van der Waals surface area contributed by atoms with Crippen LogP contribution >= 0.6 is 0 Å². The van der Waals surface area contributed by atoms with Crippen LogP contribution in [0.25, 0.3) is 0 Å². The minimum Gasteiger partial charge on any atom is -0.379 e. The molecule has 0 saturated carbocycles. The molecule has 6 heteroatoms. The van der Waals surface area contributed by atoms with Crippen LogP contribution in [-0.4, -0.2) is 88.4 Å². The van der Waals surface area contributed by atoms with Gasteiger partial charge in [-0.3, -0.25) is 9.89 Å². The number of morpholine rings is 1. The minimum atomic E-state index is 0.604. The van der Waals surface area contributed by atoms with Crippen molar-refractivity contribution in [1.82, 2.24) is 20.4 Å². The summed E-state index contributed by atoms with van der Waals surface area (Å²) in [6.07, 6.45) is 3.90. The van der Waals surface area contributed by atoms with Gasteiger partial charge in [-0.2, -0.15) is 0 Å². The number of likely N-dealkylation sites (tertiary alicyclic amines) is 1.